The second-order valence-corrected chi connectivity index (χ2v) is 4.39. The number of nitrogens with zero attached hydrogens (tertiary/aromatic N) is 2. The van der Waals surface area contributed by atoms with Gasteiger partial charge >= 0.3 is 0 Å². The summed E-state index contributed by atoms with van der Waals surface area (Å²) in [7, 11) is 0. The lowest BCUT2D eigenvalue weighted by Gasteiger charge is -2.07. The van der Waals surface area contributed by atoms with Crippen molar-refractivity contribution < 1.29 is 0 Å². The molecule has 84 valence electrons. The van der Waals surface area contributed by atoms with E-state index in [1.165, 1.54) is 0 Å². The normalized spacial score (nSPS) is 10.7. The second-order valence-electron chi connectivity index (χ2n) is 3.19. The molecule has 0 radical (unpaired) electrons. The van der Waals surface area contributed by atoms with Crippen LogP contribution in [0.4, 0.5) is 0 Å². The van der Waals surface area contributed by atoms with Gasteiger partial charge in [0.25, 0.3) is 0 Å². The monoisotopic (exact) mass is 273 g/mol. The zero-order valence-electron chi connectivity index (χ0n) is 8.50. The number of hydrogen-bond acceptors (Lipinski definition) is 2. The average molecular weight is 274 g/mol. The van der Waals surface area contributed by atoms with E-state index in [2.05, 4.69) is 10.2 Å². The smallest absolute Gasteiger partial charge is 0.195 e. The lowest BCUT2D eigenvalue weighted by atomic mass is 10.2. The molecule has 1 aromatic heterocycles. The fourth-order valence-electron chi connectivity index (χ4n) is 1.51. The molecule has 2 rings (SSSR count). The summed E-state index contributed by atoms with van der Waals surface area (Å²) < 4.78 is 2.41. The third kappa shape index (κ3) is 1.88. The molecule has 0 unspecified atom stereocenters. The zero-order valence-corrected chi connectivity index (χ0v) is 10.8. The standard InChI is InChI=1S/C10H9Cl2N3S/c1-2-15-9(13-14-10(15)16)8-6(11)4-3-5-7(8)12/h3-5H,2H2,1H3,(H,14,16). The van der Waals surface area contributed by atoms with Crippen molar-refractivity contribution in [2.45, 2.75) is 13.5 Å². The van der Waals surface area contributed by atoms with Crippen molar-refractivity contribution in [3.8, 4) is 11.4 Å². The van der Waals surface area contributed by atoms with Gasteiger partial charge in [-0.05, 0) is 31.3 Å². The molecule has 3 nitrogen and oxygen atoms in total. The van der Waals surface area contributed by atoms with Crippen molar-refractivity contribution in [1.82, 2.24) is 14.8 Å². The Balaban J connectivity index is 2.72. The summed E-state index contributed by atoms with van der Waals surface area (Å²) in [5.41, 5.74) is 0.708. The van der Waals surface area contributed by atoms with Crippen molar-refractivity contribution in [1.29, 1.82) is 0 Å². The number of benzene rings is 1. The summed E-state index contributed by atoms with van der Waals surface area (Å²) in [6.07, 6.45) is 0. The molecule has 1 N–H and O–H groups in total. The average Bonchev–Trinajstić information content (AvgIpc) is 2.59. The van der Waals surface area contributed by atoms with Gasteiger partial charge in [0, 0.05) is 6.54 Å². The first kappa shape index (κ1) is 11.6. The molecule has 0 aliphatic heterocycles. The van der Waals surface area contributed by atoms with Gasteiger partial charge in [-0.15, -0.1) is 0 Å². The van der Waals surface area contributed by atoms with E-state index in [1.807, 2.05) is 11.5 Å². The number of H-pyrrole nitrogens is 1. The van der Waals surface area contributed by atoms with Crippen LogP contribution in [0.1, 0.15) is 6.92 Å². The van der Waals surface area contributed by atoms with E-state index in [0.29, 0.717) is 32.7 Å². The van der Waals surface area contributed by atoms with Crippen LogP contribution in [-0.2, 0) is 6.54 Å². The summed E-state index contributed by atoms with van der Waals surface area (Å²) in [6.45, 7) is 2.70. The Morgan fingerprint density at radius 2 is 2.00 bits per heavy atom. The van der Waals surface area contributed by atoms with E-state index in [4.69, 9.17) is 35.4 Å². The van der Waals surface area contributed by atoms with Gasteiger partial charge in [-0.1, -0.05) is 29.3 Å². The highest BCUT2D eigenvalue weighted by molar-refractivity contribution is 7.71. The van der Waals surface area contributed by atoms with Crippen molar-refractivity contribution in [3.63, 3.8) is 0 Å². The third-order valence-electron chi connectivity index (χ3n) is 2.26. The molecule has 0 atom stereocenters. The predicted octanol–water partition coefficient (Wildman–Crippen LogP) is 3.93. The number of nitrogens with one attached hydrogen (secondary N) is 1. The Labute approximate surface area is 108 Å². The Kier molecular flexibility index (Phi) is 3.33. The number of aromatic nitrogens is 3. The first-order valence-electron chi connectivity index (χ1n) is 4.74. The number of aromatic amines is 1. The van der Waals surface area contributed by atoms with Crippen LogP contribution >= 0.6 is 35.4 Å². The van der Waals surface area contributed by atoms with Crippen LogP contribution in [0.2, 0.25) is 10.0 Å². The molecule has 0 bridgehead atoms. The molecule has 0 fully saturated rings. The molecule has 6 heteroatoms. The van der Waals surface area contributed by atoms with E-state index in [-0.39, 0.29) is 0 Å². The van der Waals surface area contributed by atoms with Gasteiger partial charge in [-0.3, -0.25) is 5.10 Å². The SMILES string of the molecule is CCn1c(-c2c(Cl)cccc2Cl)n[nH]c1=S. The highest BCUT2D eigenvalue weighted by Gasteiger charge is 2.14. The first-order valence-corrected chi connectivity index (χ1v) is 5.91. The molecule has 0 aliphatic carbocycles. The fourth-order valence-corrected chi connectivity index (χ4v) is 2.34. The molecule has 16 heavy (non-hydrogen) atoms. The van der Waals surface area contributed by atoms with Crippen LogP contribution in [0.15, 0.2) is 18.2 Å². The Morgan fingerprint density at radius 3 is 2.56 bits per heavy atom. The summed E-state index contributed by atoms with van der Waals surface area (Å²) in [5.74, 6) is 0.670. The maximum Gasteiger partial charge on any atom is 0.195 e. The fraction of sp³-hybridized carbons (Fsp3) is 0.200. The maximum absolute atomic E-state index is 6.12. The Bertz CT molecular complexity index is 553. The highest BCUT2D eigenvalue weighted by Crippen LogP contribution is 2.33. The second kappa shape index (κ2) is 4.57. The van der Waals surface area contributed by atoms with Gasteiger partial charge in [0.05, 0.1) is 15.6 Å². The summed E-state index contributed by atoms with van der Waals surface area (Å²) in [6, 6.07) is 5.35. The van der Waals surface area contributed by atoms with Gasteiger partial charge in [0.15, 0.2) is 10.6 Å². The maximum atomic E-state index is 6.12. The molecule has 0 saturated carbocycles. The lowest BCUT2D eigenvalue weighted by Crippen LogP contribution is -1.98. The van der Waals surface area contributed by atoms with Gasteiger partial charge in [0.2, 0.25) is 0 Å². The molecular weight excluding hydrogens is 265 g/mol. The highest BCUT2D eigenvalue weighted by atomic mass is 35.5. The van der Waals surface area contributed by atoms with Gasteiger partial charge in [-0.2, -0.15) is 5.10 Å². The molecule has 0 spiro atoms. The number of rotatable bonds is 2. The van der Waals surface area contributed by atoms with Gasteiger partial charge in [0.1, 0.15) is 0 Å². The molecule has 0 aliphatic rings. The van der Waals surface area contributed by atoms with Gasteiger partial charge in [-0.25, -0.2) is 0 Å². The van der Waals surface area contributed by atoms with E-state index in [0.717, 1.165) is 0 Å². The Hall–Kier alpha value is -0.840. The summed E-state index contributed by atoms with van der Waals surface area (Å²) in [4.78, 5) is 0. The summed E-state index contributed by atoms with van der Waals surface area (Å²) in [5, 5.41) is 8.03. The van der Waals surface area contributed by atoms with E-state index in [1.54, 1.807) is 18.2 Å². The van der Waals surface area contributed by atoms with E-state index < -0.39 is 0 Å². The molecule has 1 aromatic carbocycles. The number of halogens is 2. The van der Waals surface area contributed by atoms with E-state index in [9.17, 15) is 0 Å². The van der Waals surface area contributed by atoms with Crippen LogP contribution < -0.4 is 0 Å². The van der Waals surface area contributed by atoms with Crippen LogP contribution in [0.25, 0.3) is 11.4 Å². The van der Waals surface area contributed by atoms with Crippen LogP contribution in [0.5, 0.6) is 0 Å². The molecule has 0 saturated heterocycles. The minimum atomic E-state index is 0.563. The Morgan fingerprint density at radius 1 is 1.38 bits per heavy atom. The van der Waals surface area contributed by atoms with Crippen molar-refractivity contribution in [2.75, 3.05) is 0 Å². The molecule has 1 heterocycles. The summed E-state index contributed by atoms with van der Waals surface area (Å²) >= 11 is 17.4. The van der Waals surface area contributed by atoms with Crippen molar-refractivity contribution in [3.05, 3.63) is 33.0 Å². The van der Waals surface area contributed by atoms with Crippen molar-refractivity contribution >= 4 is 35.4 Å². The van der Waals surface area contributed by atoms with Crippen LogP contribution in [0.3, 0.4) is 0 Å². The van der Waals surface area contributed by atoms with Crippen LogP contribution in [0, 0.1) is 4.77 Å². The third-order valence-corrected chi connectivity index (χ3v) is 3.20. The molecular formula is C10H9Cl2N3S. The van der Waals surface area contributed by atoms with E-state index >= 15 is 0 Å². The van der Waals surface area contributed by atoms with Crippen LogP contribution in [-0.4, -0.2) is 14.8 Å². The molecule has 2 aromatic rings. The van der Waals surface area contributed by atoms with Gasteiger partial charge < -0.3 is 4.57 Å². The minimum Gasteiger partial charge on any atom is -0.300 e. The van der Waals surface area contributed by atoms with Crippen molar-refractivity contribution in [2.24, 2.45) is 0 Å². The first-order chi connectivity index (χ1) is 7.65. The minimum absolute atomic E-state index is 0.563. The predicted molar refractivity (Wildman–Crippen MR) is 68.5 cm³/mol. The number of hydrogen-bond donors (Lipinski definition) is 1. The molecule has 0 amide bonds. The quantitative estimate of drug-likeness (QED) is 0.842. The zero-order chi connectivity index (χ0) is 11.7. The lowest BCUT2D eigenvalue weighted by molar-refractivity contribution is 0.756. The topological polar surface area (TPSA) is 33.6 Å². The largest absolute Gasteiger partial charge is 0.300 e.